The number of fused-ring (bicyclic) bond motifs is 3. The molecule has 1 N–H and O–H groups in total. The van der Waals surface area contributed by atoms with Gasteiger partial charge >= 0.3 is 0 Å². The van der Waals surface area contributed by atoms with E-state index in [4.69, 9.17) is 4.42 Å². The van der Waals surface area contributed by atoms with E-state index in [-0.39, 0.29) is 17.9 Å². The summed E-state index contributed by atoms with van der Waals surface area (Å²) in [7, 11) is 0. The standard InChI is InChI=1S/C25H37N3O3S.C2H6/c1-5-13-32-14-7-11-28-23(29)21-15-22-20(10-12-31-22)27(21)16-25(28,4)24(30)26-19-9-6-8-17(2)18(19)3;1-2/h10,12,15,17-19H,5-9,11,13-14,16H2,1-4H3,(H,26,30);1-2H3. The van der Waals surface area contributed by atoms with E-state index in [0.717, 1.165) is 42.7 Å². The monoisotopic (exact) mass is 489 g/mol. The zero-order valence-corrected chi connectivity index (χ0v) is 22.7. The maximum absolute atomic E-state index is 13.8. The van der Waals surface area contributed by atoms with Gasteiger partial charge in [-0.05, 0) is 49.5 Å². The van der Waals surface area contributed by atoms with Crippen LogP contribution in [-0.2, 0) is 11.3 Å². The minimum Gasteiger partial charge on any atom is -0.463 e. The second-order valence-electron chi connectivity index (χ2n) is 9.83. The van der Waals surface area contributed by atoms with Gasteiger partial charge in [-0.2, -0.15) is 11.8 Å². The Labute approximate surface area is 209 Å². The van der Waals surface area contributed by atoms with E-state index in [1.165, 1.54) is 6.42 Å². The third-order valence-electron chi connectivity index (χ3n) is 7.58. The van der Waals surface area contributed by atoms with Crippen molar-refractivity contribution in [3.05, 3.63) is 24.1 Å². The van der Waals surface area contributed by atoms with Gasteiger partial charge in [-0.1, -0.05) is 47.5 Å². The molecule has 4 unspecified atom stereocenters. The molecule has 1 saturated carbocycles. The van der Waals surface area contributed by atoms with E-state index in [2.05, 4.69) is 26.1 Å². The Morgan fingerprint density at radius 2 is 2.03 bits per heavy atom. The molecule has 0 bridgehead atoms. The summed E-state index contributed by atoms with van der Waals surface area (Å²) in [6.45, 7) is 13.7. The van der Waals surface area contributed by atoms with Crippen LogP contribution in [0.5, 0.6) is 0 Å². The number of aromatic nitrogens is 1. The van der Waals surface area contributed by atoms with Crippen molar-refractivity contribution in [2.75, 3.05) is 18.1 Å². The van der Waals surface area contributed by atoms with Crippen LogP contribution >= 0.6 is 11.8 Å². The molecule has 0 spiro atoms. The second kappa shape index (κ2) is 11.7. The lowest BCUT2D eigenvalue weighted by Gasteiger charge is -2.45. The summed E-state index contributed by atoms with van der Waals surface area (Å²) < 4.78 is 7.53. The third-order valence-corrected chi connectivity index (χ3v) is 8.85. The largest absolute Gasteiger partial charge is 0.463 e. The lowest BCUT2D eigenvalue weighted by molar-refractivity contribution is -0.134. The molecule has 6 nitrogen and oxygen atoms in total. The maximum Gasteiger partial charge on any atom is 0.271 e. The molecule has 2 amide bonds. The lowest BCUT2D eigenvalue weighted by atomic mass is 9.77. The zero-order chi connectivity index (χ0) is 24.9. The quantitative estimate of drug-likeness (QED) is 0.465. The van der Waals surface area contributed by atoms with Crippen molar-refractivity contribution >= 4 is 34.7 Å². The molecule has 3 heterocycles. The summed E-state index contributed by atoms with van der Waals surface area (Å²) >= 11 is 1.91. The molecular weight excluding hydrogens is 446 g/mol. The van der Waals surface area contributed by atoms with Crippen LogP contribution in [0.3, 0.4) is 0 Å². The molecule has 1 aliphatic heterocycles. The highest BCUT2D eigenvalue weighted by Gasteiger charge is 2.48. The highest BCUT2D eigenvalue weighted by molar-refractivity contribution is 7.99. The van der Waals surface area contributed by atoms with E-state index < -0.39 is 5.54 Å². The molecule has 4 atom stereocenters. The number of hydrogen-bond donors (Lipinski definition) is 1. The number of nitrogens with one attached hydrogen (secondary N) is 1. The highest BCUT2D eigenvalue weighted by Crippen LogP contribution is 2.34. The molecule has 0 radical (unpaired) electrons. The van der Waals surface area contributed by atoms with Gasteiger partial charge in [0.25, 0.3) is 5.91 Å². The SMILES string of the molecule is CC.CCCSCCCN1C(=O)c2cc3occc3n2CC1(C)C(=O)NC1CCCC(C)C1C. The fraction of sp³-hybridized carbons (Fsp3) is 0.704. The Balaban J connectivity index is 0.00000158. The first-order chi connectivity index (χ1) is 16.4. The normalized spacial score (nSPS) is 26.7. The zero-order valence-electron chi connectivity index (χ0n) is 21.9. The van der Waals surface area contributed by atoms with Crippen molar-refractivity contribution in [2.45, 2.75) is 91.8 Å². The van der Waals surface area contributed by atoms with Gasteiger partial charge in [0.05, 0.1) is 18.3 Å². The number of carbonyl (C=O) groups excluding carboxylic acids is 2. The van der Waals surface area contributed by atoms with Gasteiger partial charge in [-0.25, -0.2) is 0 Å². The average molecular weight is 490 g/mol. The number of nitrogens with zero attached hydrogens (tertiary/aromatic N) is 2. The van der Waals surface area contributed by atoms with E-state index in [1.54, 1.807) is 6.26 Å². The van der Waals surface area contributed by atoms with Gasteiger partial charge in [-0.3, -0.25) is 9.59 Å². The van der Waals surface area contributed by atoms with Crippen LogP contribution in [0, 0.1) is 11.8 Å². The Morgan fingerprint density at radius 1 is 1.26 bits per heavy atom. The number of furan rings is 1. The molecular formula is C27H43N3O3S. The predicted molar refractivity (Wildman–Crippen MR) is 141 cm³/mol. The van der Waals surface area contributed by atoms with Crippen LogP contribution in [0.15, 0.2) is 22.8 Å². The minimum absolute atomic E-state index is 0.0333. The Hall–Kier alpha value is -1.89. The number of carbonyl (C=O) groups is 2. The number of rotatable bonds is 8. The van der Waals surface area contributed by atoms with Crippen molar-refractivity contribution in [3.8, 4) is 0 Å². The summed E-state index contributed by atoms with van der Waals surface area (Å²) in [5.41, 5.74) is 1.27. The molecule has 2 aliphatic rings. The van der Waals surface area contributed by atoms with Gasteiger partial charge in [0.15, 0.2) is 5.58 Å². The smallest absolute Gasteiger partial charge is 0.271 e. The van der Waals surface area contributed by atoms with Gasteiger partial charge in [0, 0.05) is 24.7 Å². The predicted octanol–water partition coefficient (Wildman–Crippen LogP) is 5.95. The minimum atomic E-state index is -0.927. The van der Waals surface area contributed by atoms with Crippen molar-refractivity contribution in [1.82, 2.24) is 14.8 Å². The van der Waals surface area contributed by atoms with E-state index >= 15 is 0 Å². The average Bonchev–Trinajstić information content (AvgIpc) is 3.42. The molecule has 2 aromatic heterocycles. The summed E-state index contributed by atoms with van der Waals surface area (Å²) in [4.78, 5) is 29.2. The number of amides is 2. The fourth-order valence-corrected chi connectivity index (χ4v) is 6.13. The maximum atomic E-state index is 13.8. The molecule has 1 fully saturated rings. The fourth-order valence-electron chi connectivity index (χ4n) is 5.30. The van der Waals surface area contributed by atoms with Crippen molar-refractivity contribution < 1.29 is 14.0 Å². The van der Waals surface area contributed by atoms with E-state index in [1.807, 2.05) is 54.1 Å². The van der Waals surface area contributed by atoms with Crippen molar-refractivity contribution in [2.24, 2.45) is 11.8 Å². The van der Waals surface area contributed by atoms with Gasteiger partial charge < -0.3 is 19.2 Å². The van der Waals surface area contributed by atoms with Crippen LogP contribution in [0.2, 0.25) is 0 Å². The van der Waals surface area contributed by atoms with Gasteiger partial charge in [0.2, 0.25) is 5.91 Å². The van der Waals surface area contributed by atoms with Crippen LogP contribution in [-0.4, -0.2) is 50.9 Å². The summed E-state index contributed by atoms with van der Waals surface area (Å²) in [6, 6.07) is 3.87. The first-order valence-corrected chi connectivity index (χ1v) is 14.3. The Bertz CT molecular complexity index is 968. The molecule has 7 heteroatoms. The van der Waals surface area contributed by atoms with Crippen LogP contribution in [0.4, 0.5) is 0 Å². The first kappa shape index (κ1) is 26.7. The van der Waals surface area contributed by atoms with Crippen LogP contribution in [0.1, 0.15) is 84.1 Å². The van der Waals surface area contributed by atoms with Crippen molar-refractivity contribution in [3.63, 3.8) is 0 Å². The molecule has 34 heavy (non-hydrogen) atoms. The molecule has 2 aromatic rings. The molecule has 190 valence electrons. The third kappa shape index (κ3) is 5.19. The number of hydrogen-bond acceptors (Lipinski definition) is 4. The molecule has 0 aromatic carbocycles. The van der Waals surface area contributed by atoms with E-state index in [0.29, 0.717) is 36.2 Å². The summed E-state index contributed by atoms with van der Waals surface area (Å²) in [6.07, 6.45) is 7.04. The second-order valence-corrected chi connectivity index (χ2v) is 11.1. The number of thioether (sulfide) groups is 1. The molecule has 1 aliphatic carbocycles. The molecule has 0 saturated heterocycles. The van der Waals surface area contributed by atoms with Crippen molar-refractivity contribution in [1.29, 1.82) is 0 Å². The topological polar surface area (TPSA) is 67.5 Å². The Kier molecular flexibility index (Phi) is 9.19. The Morgan fingerprint density at radius 3 is 2.76 bits per heavy atom. The lowest BCUT2D eigenvalue weighted by Crippen LogP contribution is -2.65. The van der Waals surface area contributed by atoms with Crippen LogP contribution < -0.4 is 5.32 Å². The first-order valence-electron chi connectivity index (χ1n) is 13.1. The molecule has 4 rings (SSSR count). The van der Waals surface area contributed by atoms with Gasteiger partial charge in [0.1, 0.15) is 11.2 Å². The highest BCUT2D eigenvalue weighted by atomic mass is 32.2. The summed E-state index contributed by atoms with van der Waals surface area (Å²) in [5, 5.41) is 3.36. The van der Waals surface area contributed by atoms with E-state index in [9.17, 15) is 9.59 Å². The van der Waals surface area contributed by atoms with Crippen LogP contribution in [0.25, 0.3) is 11.1 Å². The van der Waals surface area contributed by atoms with Gasteiger partial charge in [-0.15, -0.1) is 0 Å². The summed E-state index contributed by atoms with van der Waals surface area (Å²) in [5.74, 6) is 3.05.